The summed E-state index contributed by atoms with van der Waals surface area (Å²) >= 11 is 0. The highest BCUT2D eigenvalue weighted by Crippen LogP contribution is 2.25. The third-order valence-corrected chi connectivity index (χ3v) is 2.72. The van der Waals surface area contributed by atoms with E-state index in [0.717, 1.165) is 0 Å². The van der Waals surface area contributed by atoms with Crippen molar-refractivity contribution >= 4 is 5.97 Å². The van der Waals surface area contributed by atoms with Gasteiger partial charge in [0, 0.05) is 19.8 Å². The van der Waals surface area contributed by atoms with Crippen LogP contribution in [0.2, 0.25) is 0 Å². The van der Waals surface area contributed by atoms with Crippen molar-refractivity contribution in [3.63, 3.8) is 0 Å². The Morgan fingerprint density at radius 1 is 1.44 bits per heavy atom. The van der Waals surface area contributed by atoms with E-state index in [-0.39, 0.29) is 0 Å². The fourth-order valence-electron chi connectivity index (χ4n) is 1.68. The van der Waals surface area contributed by atoms with Crippen molar-refractivity contribution < 1.29 is 14.6 Å². The fraction of sp³-hybridized carbons (Fsp3) is 0.909. The van der Waals surface area contributed by atoms with Gasteiger partial charge in [0.05, 0.1) is 0 Å². The van der Waals surface area contributed by atoms with Crippen LogP contribution in [0.3, 0.4) is 0 Å². The van der Waals surface area contributed by atoms with E-state index in [2.05, 4.69) is 0 Å². The minimum absolute atomic E-state index is 0.388. The highest BCUT2D eigenvalue weighted by molar-refractivity contribution is 5.79. The molecule has 5 nitrogen and oxygen atoms in total. The van der Waals surface area contributed by atoms with E-state index >= 15 is 0 Å². The van der Waals surface area contributed by atoms with Crippen LogP contribution >= 0.6 is 0 Å². The van der Waals surface area contributed by atoms with Crippen LogP contribution in [0.5, 0.6) is 0 Å². The number of carbonyl (C=O) groups is 1. The van der Waals surface area contributed by atoms with Crippen LogP contribution in [0.25, 0.3) is 0 Å². The Balaban J connectivity index is 2.56. The standard InChI is InChI=1S/C11H22N2O3/c1-10(2,3)16-9(14)11(15)4-6-13(8-12)7-5-11/h15H,4-8,12H2,1-3H3. The first-order valence-electron chi connectivity index (χ1n) is 5.65. The van der Waals surface area contributed by atoms with Crippen LogP contribution in [-0.2, 0) is 9.53 Å². The number of likely N-dealkylation sites (tertiary alicyclic amines) is 1. The summed E-state index contributed by atoms with van der Waals surface area (Å²) in [6, 6.07) is 0. The summed E-state index contributed by atoms with van der Waals surface area (Å²) in [7, 11) is 0. The molecule has 0 atom stereocenters. The van der Waals surface area contributed by atoms with E-state index in [1.807, 2.05) is 4.90 Å². The number of rotatable bonds is 2. The molecule has 0 bridgehead atoms. The first kappa shape index (κ1) is 13.4. The Bertz CT molecular complexity index is 252. The average molecular weight is 230 g/mol. The molecule has 94 valence electrons. The van der Waals surface area contributed by atoms with Crippen LogP contribution in [-0.4, -0.2) is 46.9 Å². The second-order valence-corrected chi connectivity index (χ2v) is 5.33. The zero-order valence-electron chi connectivity index (χ0n) is 10.3. The second-order valence-electron chi connectivity index (χ2n) is 5.33. The van der Waals surface area contributed by atoms with Crippen molar-refractivity contribution in [1.29, 1.82) is 0 Å². The summed E-state index contributed by atoms with van der Waals surface area (Å²) in [5.74, 6) is -0.517. The predicted molar refractivity (Wildman–Crippen MR) is 60.7 cm³/mol. The minimum atomic E-state index is -1.33. The van der Waals surface area contributed by atoms with Gasteiger partial charge in [0.25, 0.3) is 0 Å². The van der Waals surface area contributed by atoms with Gasteiger partial charge in [0.15, 0.2) is 5.60 Å². The summed E-state index contributed by atoms with van der Waals surface area (Å²) in [6.45, 7) is 7.11. The quantitative estimate of drug-likeness (QED) is 0.657. The van der Waals surface area contributed by atoms with Crippen LogP contribution in [0.4, 0.5) is 0 Å². The summed E-state index contributed by atoms with van der Waals surface area (Å²) in [5, 5.41) is 10.2. The number of nitrogens with zero attached hydrogens (tertiary/aromatic N) is 1. The van der Waals surface area contributed by atoms with E-state index in [4.69, 9.17) is 10.5 Å². The van der Waals surface area contributed by atoms with Gasteiger partial charge in [0.2, 0.25) is 0 Å². The summed E-state index contributed by atoms with van der Waals surface area (Å²) in [4.78, 5) is 13.8. The predicted octanol–water partition coefficient (Wildman–Crippen LogP) is 0.0712. The molecule has 0 spiro atoms. The van der Waals surface area contributed by atoms with E-state index in [9.17, 15) is 9.90 Å². The van der Waals surface area contributed by atoms with Gasteiger partial charge in [-0.1, -0.05) is 0 Å². The average Bonchev–Trinajstić information content (AvgIpc) is 2.16. The topological polar surface area (TPSA) is 75.8 Å². The van der Waals surface area contributed by atoms with Gasteiger partial charge in [0.1, 0.15) is 5.60 Å². The third-order valence-electron chi connectivity index (χ3n) is 2.72. The van der Waals surface area contributed by atoms with E-state index in [1.165, 1.54) is 0 Å². The van der Waals surface area contributed by atoms with E-state index < -0.39 is 17.2 Å². The molecule has 1 aliphatic heterocycles. The van der Waals surface area contributed by atoms with Gasteiger partial charge in [-0.05, 0) is 33.6 Å². The van der Waals surface area contributed by atoms with Gasteiger partial charge >= 0.3 is 5.97 Å². The SMILES string of the molecule is CC(C)(C)OC(=O)C1(O)CCN(CN)CC1. The molecule has 1 rings (SSSR count). The number of ether oxygens (including phenoxy) is 1. The first-order chi connectivity index (χ1) is 7.27. The highest BCUT2D eigenvalue weighted by atomic mass is 16.6. The maximum atomic E-state index is 11.8. The van der Waals surface area contributed by atoms with Gasteiger partial charge in [-0.2, -0.15) is 0 Å². The van der Waals surface area contributed by atoms with Gasteiger partial charge < -0.3 is 15.6 Å². The van der Waals surface area contributed by atoms with Crippen molar-refractivity contribution in [2.24, 2.45) is 5.73 Å². The van der Waals surface area contributed by atoms with Crippen LogP contribution in [0.15, 0.2) is 0 Å². The Kier molecular flexibility index (Phi) is 3.93. The number of hydrogen-bond acceptors (Lipinski definition) is 5. The first-order valence-corrected chi connectivity index (χ1v) is 5.65. The molecule has 0 aromatic rings. The Labute approximate surface area is 96.6 Å². The highest BCUT2D eigenvalue weighted by Gasteiger charge is 2.42. The zero-order chi connectivity index (χ0) is 12.4. The number of aliphatic hydroxyl groups is 1. The number of hydrogen-bond donors (Lipinski definition) is 2. The minimum Gasteiger partial charge on any atom is -0.458 e. The molecule has 16 heavy (non-hydrogen) atoms. The molecule has 5 heteroatoms. The van der Waals surface area contributed by atoms with Crippen molar-refractivity contribution in [2.75, 3.05) is 19.8 Å². The summed E-state index contributed by atoms with van der Waals surface area (Å²) in [5.41, 5.74) is 3.61. The molecular weight excluding hydrogens is 208 g/mol. The van der Waals surface area contributed by atoms with Crippen LogP contribution < -0.4 is 5.73 Å². The Hall–Kier alpha value is -0.650. The van der Waals surface area contributed by atoms with Crippen molar-refractivity contribution in [1.82, 2.24) is 4.90 Å². The van der Waals surface area contributed by atoms with Gasteiger partial charge in [-0.3, -0.25) is 4.90 Å². The molecule has 1 heterocycles. The lowest BCUT2D eigenvalue weighted by molar-refractivity contribution is -0.181. The van der Waals surface area contributed by atoms with Crippen molar-refractivity contribution in [3.05, 3.63) is 0 Å². The molecule has 0 unspecified atom stereocenters. The molecular formula is C11H22N2O3. The molecule has 0 aliphatic carbocycles. The Morgan fingerprint density at radius 2 is 1.94 bits per heavy atom. The van der Waals surface area contributed by atoms with Gasteiger partial charge in [-0.15, -0.1) is 0 Å². The molecule has 0 saturated carbocycles. The van der Waals surface area contributed by atoms with Gasteiger partial charge in [-0.25, -0.2) is 4.79 Å². The lowest BCUT2D eigenvalue weighted by Gasteiger charge is -2.37. The lowest BCUT2D eigenvalue weighted by atomic mass is 9.91. The fourth-order valence-corrected chi connectivity index (χ4v) is 1.68. The Morgan fingerprint density at radius 3 is 2.31 bits per heavy atom. The van der Waals surface area contributed by atoms with Crippen LogP contribution in [0, 0.1) is 0 Å². The maximum Gasteiger partial charge on any atom is 0.338 e. The smallest absolute Gasteiger partial charge is 0.338 e. The number of carbonyl (C=O) groups excluding carboxylic acids is 1. The molecule has 0 radical (unpaired) electrons. The number of esters is 1. The molecule has 1 fully saturated rings. The number of piperidine rings is 1. The molecule has 0 aromatic carbocycles. The monoisotopic (exact) mass is 230 g/mol. The van der Waals surface area contributed by atoms with Crippen molar-refractivity contribution in [3.8, 4) is 0 Å². The summed E-state index contributed by atoms with van der Waals surface area (Å²) < 4.78 is 5.21. The summed E-state index contributed by atoms with van der Waals surface area (Å²) in [6.07, 6.45) is 0.776. The van der Waals surface area contributed by atoms with Crippen LogP contribution in [0.1, 0.15) is 33.6 Å². The third kappa shape index (κ3) is 3.43. The van der Waals surface area contributed by atoms with Crippen molar-refractivity contribution in [2.45, 2.75) is 44.8 Å². The zero-order valence-corrected chi connectivity index (χ0v) is 10.3. The van der Waals surface area contributed by atoms with E-state index in [1.54, 1.807) is 20.8 Å². The second kappa shape index (κ2) is 4.69. The molecule has 0 aromatic heterocycles. The number of nitrogens with two attached hydrogens (primary N) is 1. The van der Waals surface area contributed by atoms with E-state index in [0.29, 0.717) is 32.6 Å². The lowest BCUT2D eigenvalue weighted by Crippen LogP contribution is -2.52. The largest absolute Gasteiger partial charge is 0.458 e. The maximum absolute atomic E-state index is 11.8. The molecule has 1 aliphatic rings. The molecule has 1 saturated heterocycles. The molecule has 3 N–H and O–H groups in total. The normalized spacial score (nSPS) is 21.8. The molecule has 0 amide bonds.